The maximum Gasteiger partial charge on any atom is 0.246 e. The van der Waals surface area contributed by atoms with E-state index in [1.165, 1.54) is 5.56 Å². The first kappa shape index (κ1) is 36.4. The molecule has 3 amide bonds. The molecule has 0 radical (unpaired) electrons. The zero-order valence-electron chi connectivity index (χ0n) is 29.2. The van der Waals surface area contributed by atoms with Gasteiger partial charge in [0.1, 0.15) is 24.4 Å². The molecule has 4 atom stereocenters. The summed E-state index contributed by atoms with van der Waals surface area (Å²) in [6.07, 6.45) is 4.87. The molecule has 1 aliphatic carbocycles. The number of nitrogens with zero attached hydrogens (tertiary/aromatic N) is 1. The topological polar surface area (TPSA) is 106 Å². The molecule has 1 aliphatic heterocycles. The van der Waals surface area contributed by atoms with Crippen LogP contribution in [-0.4, -0.2) is 67.7 Å². The van der Waals surface area contributed by atoms with E-state index in [2.05, 4.69) is 29.7 Å². The number of benzene rings is 2. The highest BCUT2D eigenvalue weighted by atomic mass is 16.5. The Bertz CT molecular complexity index is 1360. The molecule has 0 fully saturated rings. The second-order valence-corrected chi connectivity index (χ2v) is 14.0. The van der Waals surface area contributed by atoms with Crippen molar-refractivity contribution in [1.82, 2.24) is 15.5 Å². The largest absolute Gasteiger partial charge is 0.491 e. The van der Waals surface area contributed by atoms with Gasteiger partial charge >= 0.3 is 0 Å². The van der Waals surface area contributed by atoms with E-state index in [-0.39, 0.29) is 36.2 Å². The van der Waals surface area contributed by atoms with Crippen LogP contribution in [0.3, 0.4) is 0 Å². The summed E-state index contributed by atoms with van der Waals surface area (Å²) < 4.78 is 17.1. The molecule has 4 rings (SSSR count). The van der Waals surface area contributed by atoms with Gasteiger partial charge in [-0.15, -0.1) is 0 Å². The van der Waals surface area contributed by atoms with E-state index in [4.69, 9.17) is 14.2 Å². The zero-order valence-corrected chi connectivity index (χ0v) is 29.2. The first-order valence-electron chi connectivity index (χ1n) is 17.4. The minimum Gasteiger partial charge on any atom is -0.491 e. The Morgan fingerprint density at radius 3 is 2.38 bits per heavy atom. The summed E-state index contributed by atoms with van der Waals surface area (Å²) in [5.74, 6) is -0.136. The van der Waals surface area contributed by atoms with Gasteiger partial charge in [-0.3, -0.25) is 14.4 Å². The normalized spacial score (nSPS) is 18.8. The van der Waals surface area contributed by atoms with Gasteiger partial charge in [0.25, 0.3) is 0 Å². The average Bonchev–Trinajstić information content (AvgIpc) is 3.06. The van der Waals surface area contributed by atoms with Crippen LogP contribution in [0, 0.1) is 11.3 Å². The lowest BCUT2D eigenvalue weighted by Gasteiger charge is -2.42. The van der Waals surface area contributed by atoms with E-state index in [9.17, 15) is 14.4 Å². The van der Waals surface area contributed by atoms with Crippen molar-refractivity contribution in [3.05, 3.63) is 64.7 Å². The molecule has 0 spiro atoms. The summed E-state index contributed by atoms with van der Waals surface area (Å²) in [4.78, 5) is 43.4. The van der Waals surface area contributed by atoms with Gasteiger partial charge < -0.3 is 29.7 Å². The fourth-order valence-corrected chi connectivity index (χ4v) is 6.26. The van der Waals surface area contributed by atoms with E-state index in [1.807, 2.05) is 65.0 Å². The maximum absolute atomic E-state index is 14.5. The lowest BCUT2D eigenvalue weighted by atomic mass is 9.83. The van der Waals surface area contributed by atoms with Crippen molar-refractivity contribution in [2.24, 2.45) is 11.3 Å². The smallest absolute Gasteiger partial charge is 0.246 e. The number of carbonyl (C=O) groups excluding carboxylic acids is 3. The first-order chi connectivity index (χ1) is 22.5. The number of amides is 3. The Labute approximate surface area is 281 Å². The van der Waals surface area contributed by atoms with Crippen LogP contribution in [0.5, 0.6) is 5.75 Å². The summed E-state index contributed by atoms with van der Waals surface area (Å²) in [7, 11) is 0. The SMILES string of the molecule is CCCOCCOCCOc1ccc2c(c1)CN(C(=O)[C@@H](NC(=O)[C@H](C)CC)C(C)(C)C)[C@H](C(=O)N[C@@H]1CCCc3ccccc31)C2. The number of hydrogen-bond donors (Lipinski definition) is 2. The Kier molecular flexibility index (Phi) is 13.3. The third-order valence-electron chi connectivity index (χ3n) is 9.26. The monoisotopic (exact) mass is 649 g/mol. The second-order valence-electron chi connectivity index (χ2n) is 14.0. The molecule has 1 heterocycles. The standard InChI is InChI=1S/C38H55N3O6/c1-7-18-45-19-20-46-21-22-47-30-17-16-28-24-33(36(43)39-32-15-11-13-27-12-9-10-14-31(27)32)41(25-29(28)23-30)37(44)34(38(4,5)6)40-35(42)26(3)8-2/h9-10,12,14,16-17,23,26,32-34H,7-8,11,13,15,18-22,24-25H2,1-6H3,(H,39,43)(H,40,42)/t26-,32-,33+,34-/m1/s1. The van der Waals surface area contributed by atoms with Crippen molar-refractivity contribution in [2.45, 2.75) is 105 Å². The quantitative estimate of drug-likeness (QED) is 0.246. The van der Waals surface area contributed by atoms with Gasteiger partial charge in [0.2, 0.25) is 17.7 Å². The molecule has 2 N–H and O–H groups in total. The number of fused-ring (bicyclic) bond motifs is 2. The molecule has 0 unspecified atom stereocenters. The molecule has 2 aromatic rings. The van der Waals surface area contributed by atoms with E-state index in [0.29, 0.717) is 45.0 Å². The third-order valence-corrected chi connectivity index (χ3v) is 9.26. The van der Waals surface area contributed by atoms with Crippen LogP contribution in [-0.2, 0) is 43.2 Å². The Balaban J connectivity index is 1.55. The van der Waals surface area contributed by atoms with Crippen LogP contribution in [0.2, 0.25) is 0 Å². The molecular weight excluding hydrogens is 594 g/mol. The van der Waals surface area contributed by atoms with Crippen molar-refractivity contribution >= 4 is 17.7 Å². The predicted molar refractivity (Wildman–Crippen MR) is 183 cm³/mol. The van der Waals surface area contributed by atoms with E-state index >= 15 is 0 Å². The predicted octanol–water partition coefficient (Wildman–Crippen LogP) is 5.53. The highest BCUT2D eigenvalue weighted by molar-refractivity contribution is 5.93. The fraction of sp³-hybridized carbons (Fsp3) is 0.605. The number of hydrogen-bond acceptors (Lipinski definition) is 6. The van der Waals surface area contributed by atoms with Crippen molar-refractivity contribution in [3.8, 4) is 5.75 Å². The number of ether oxygens (including phenoxy) is 3. The third kappa shape index (κ3) is 9.80. The number of aryl methyl sites for hydroxylation is 1. The molecule has 0 bridgehead atoms. The van der Waals surface area contributed by atoms with Gasteiger partial charge in [0.15, 0.2) is 0 Å². The maximum atomic E-state index is 14.5. The molecule has 2 aliphatic rings. The van der Waals surface area contributed by atoms with Gasteiger partial charge in [0.05, 0.1) is 25.9 Å². The molecule has 258 valence electrons. The van der Waals surface area contributed by atoms with Gasteiger partial charge in [-0.2, -0.15) is 0 Å². The van der Waals surface area contributed by atoms with Gasteiger partial charge in [0, 0.05) is 25.5 Å². The Morgan fingerprint density at radius 2 is 1.66 bits per heavy atom. The van der Waals surface area contributed by atoms with E-state index in [1.54, 1.807) is 4.90 Å². The van der Waals surface area contributed by atoms with Gasteiger partial charge in [-0.25, -0.2) is 0 Å². The van der Waals surface area contributed by atoms with E-state index < -0.39 is 17.5 Å². The zero-order chi connectivity index (χ0) is 34.0. The van der Waals surface area contributed by atoms with Crippen LogP contribution < -0.4 is 15.4 Å². The molecular formula is C38H55N3O6. The minimum atomic E-state index is -0.797. The van der Waals surface area contributed by atoms with Crippen LogP contribution in [0.15, 0.2) is 42.5 Å². The van der Waals surface area contributed by atoms with E-state index in [0.717, 1.165) is 49.0 Å². The lowest BCUT2D eigenvalue weighted by molar-refractivity contribution is -0.147. The molecule has 2 aromatic carbocycles. The van der Waals surface area contributed by atoms with Crippen LogP contribution in [0.4, 0.5) is 0 Å². The summed E-state index contributed by atoms with van der Waals surface area (Å²) in [5.41, 5.74) is 3.77. The number of rotatable bonds is 15. The average molecular weight is 650 g/mol. The van der Waals surface area contributed by atoms with Crippen molar-refractivity contribution in [2.75, 3.05) is 33.0 Å². The number of carbonyl (C=O) groups is 3. The summed E-state index contributed by atoms with van der Waals surface area (Å²) in [5, 5.41) is 6.35. The van der Waals surface area contributed by atoms with Crippen molar-refractivity contribution in [1.29, 1.82) is 0 Å². The van der Waals surface area contributed by atoms with Crippen molar-refractivity contribution in [3.63, 3.8) is 0 Å². The fourth-order valence-electron chi connectivity index (χ4n) is 6.26. The van der Waals surface area contributed by atoms with Gasteiger partial charge in [-0.1, -0.05) is 71.9 Å². The highest BCUT2D eigenvalue weighted by Gasteiger charge is 2.43. The number of nitrogens with one attached hydrogen (secondary N) is 2. The van der Waals surface area contributed by atoms with Gasteiger partial charge in [-0.05, 0) is 71.9 Å². The Morgan fingerprint density at radius 1 is 0.936 bits per heavy atom. The summed E-state index contributed by atoms with van der Waals surface area (Å²) in [6, 6.07) is 12.5. The Hall–Kier alpha value is -3.43. The molecule has 47 heavy (non-hydrogen) atoms. The summed E-state index contributed by atoms with van der Waals surface area (Å²) in [6.45, 7) is 14.6. The summed E-state index contributed by atoms with van der Waals surface area (Å²) >= 11 is 0. The van der Waals surface area contributed by atoms with Crippen LogP contribution in [0.25, 0.3) is 0 Å². The first-order valence-corrected chi connectivity index (χ1v) is 17.4. The molecule has 0 saturated carbocycles. The minimum absolute atomic E-state index is 0.106. The molecule has 9 nitrogen and oxygen atoms in total. The lowest BCUT2D eigenvalue weighted by Crippen LogP contribution is -2.61. The van der Waals surface area contributed by atoms with Crippen LogP contribution >= 0.6 is 0 Å². The molecule has 0 aromatic heterocycles. The highest BCUT2D eigenvalue weighted by Crippen LogP contribution is 2.33. The second kappa shape index (κ2) is 17.1. The molecule has 9 heteroatoms. The molecule has 0 saturated heterocycles. The van der Waals surface area contributed by atoms with Crippen LogP contribution in [0.1, 0.15) is 95.5 Å². The van der Waals surface area contributed by atoms with Crippen molar-refractivity contribution < 1.29 is 28.6 Å².